The molecular weight excluding hydrogens is 338 g/mol. The van der Waals surface area contributed by atoms with Gasteiger partial charge in [0.2, 0.25) is 0 Å². The number of ether oxygens (including phenoxy) is 1. The quantitative estimate of drug-likeness (QED) is 0.199. The summed E-state index contributed by atoms with van der Waals surface area (Å²) in [7, 11) is 0. The van der Waals surface area contributed by atoms with E-state index in [9.17, 15) is 4.79 Å². The fourth-order valence-corrected chi connectivity index (χ4v) is 3.46. The van der Waals surface area contributed by atoms with Gasteiger partial charge in [-0.3, -0.25) is 4.79 Å². The first kappa shape index (κ1) is 26.4. The Morgan fingerprint density at radius 2 is 1.41 bits per heavy atom. The SMILES string of the molecule is CCCCCCC(CCCCCC)CC(=O)OCCCCCCNCCO. The van der Waals surface area contributed by atoms with Gasteiger partial charge >= 0.3 is 5.97 Å². The molecule has 0 radical (unpaired) electrons. The normalized spacial score (nSPS) is 11.3. The van der Waals surface area contributed by atoms with Crippen molar-refractivity contribution in [1.82, 2.24) is 5.32 Å². The molecule has 0 bridgehead atoms. The molecule has 0 saturated carbocycles. The molecule has 0 aromatic heterocycles. The molecule has 0 rings (SSSR count). The van der Waals surface area contributed by atoms with Gasteiger partial charge in [-0.15, -0.1) is 0 Å². The van der Waals surface area contributed by atoms with Crippen LogP contribution in [0.1, 0.15) is 110 Å². The highest BCUT2D eigenvalue weighted by molar-refractivity contribution is 5.69. The Balaban J connectivity index is 3.80. The van der Waals surface area contributed by atoms with E-state index in [2.05, 4.69) is 19.2 Å². The first-order chi connectivity index (χ1) is 13.2. The van der Waals surface area contributed by atoms with Crippen LogP contribution in [0.15, 0.2) is 0 Å². The fraction of sp³-hybridized carbons (Fsp3) is 0.957. The summed E-state index contributed by atoms with van der Waals surface area (Å²) in [5.41, 5.74) is 0. The number of esters is 1. The Morgan fingerprint density at radius 1 is 0.815 bits per heavy atom. The van der Waals surface area contributed by atoms with E-state index < -0.39 is 0 Å². The molecule has 0 amide bonds. The number of rotatable bonds is 21. The summed E-state index contributed by atoms with van der Waals surface area (Å²) >= 11 is 0. The van der Waals surface area contributed by atoms with Gasteiger partial charge in [0.25, 0.3) is 0 Å². The maximum Gasteiger partial charge on any atom is 0.306 e. The van der Waals surface area contributed by atoms with E-state index in [1.54, 1.807) is 0 Å². The molecule has 0 saturated heterocycles. The van der Waals surface area contributed by atoms with Gasteiger partial charge in [-0.1, -0.05) is 78.1 Å². The van der Waals surface area contributed by atoms with Crippen molar-refractivity contribution in [3.63, 3.8) is 0 Å². The zero-order valence-corrected chi connectivity index (χ0v) is 18.3. The Hall–Kier alpha value is -0.610. The molecule has 4 nitrogen and oxygen atoms in total. The molecule has 2 N–H and O–H groups in total. The van der Waals surface area contributed by atoms with Crippen molar-refractivity contribution in [1.29, 1.82) is 0 Å². The van der Waals surface area contributed by atoms with E-state index >= 15 is 0 Å². The lowest BCUT2D eigenvalue weighted by Crippen LogP contribution is -2.19. The smallest absolute Gasteiger partial charge is 0.306 e. The highest BCUT2D eigenvalue weighted by Crippen LogP contribution is 2.22. The predicted molar refractivity (Wildman–Crippen MR) is 115 cm³/mol. The van der Waals surface area contributed by atoms with Gasteiger partial charge in [0, 0.05) is 13.0 Å². The van der Waals surface area contributed by atoms with Crippen molar-refractivity contribution >= 4 is 5.97 Å². The molecule has 0 aliphatic rings. The summed E-state index contributed by atoms with van der Waals surface area (Å²) in [5.74, 6) is 0.527. The second-order valence-electron chi connectivity index (χ2n) is 7.88. The van der Waals surface area contributed by atoms with Crippen LogP contribution in [-0.4, -0.2) is 37.4 Å². The molecule has 0 aromatic rings. The van der Waals surface area contributed by atoms with Crippen molar-refractivity contribution in [3.05, 3.63) is 0 Å². The van der Waals surface area contributed by atoms with E-state index in [1.807, 2.05) is 0 Å². The molecular formula is C23H47NO3. The minimum atomic E-state index is 0.00981. The van der Waals surface area contributed by atoms with E-state index in [0.29, 0.717) is 25.5 Å². The monoisotopic (exact) mass is 385 g/mol. The van der Waals surface area contributed by atoms with Crippen LogP contribution in [0.2, 0.25) is 0 Å². The first-order valence-corrected chi connectivity index (χ1v) is 11.7. The Labute approximate surface area is 168 Å². The molecule has 162 valence electrons. The third kappa shape index (κ3) is 19.9. The van der Waals surface area contributed by atoms with E-state index in [1.165, 1.54) is 64.2 Å². The summed E-state index contributed by atoms with van der Waals surface area (Å²) in [6.45, 7) is 6.89. The number of hydrogen-bond acceptors (Lipinski definition) is 4. The minimum absolute atomic E-state index is 0.00981. The van der Waals surface area contributed by atoms with Crippen LogP contribution in [0.4, 0.5) is 0 Å². The lowest BCUT2D eigenvalue weighted by molar-refractivity contribution is -0.145. The first-order valence-electron chi connectivity index (χ1n) is 11.7. The predicted octanol–water partition coefficient (Wildman–Crippen LogP) is 5.62. The van der Waals surface area contributed by atoms with Crippen LogP contribution < -0.4 is 5.32 Å². The zero-order valence-electron chi connectivity index (χ0n) is 18.3. The van der Waals surface area contributed by atoms with Gasteiger partial charge in [-0.2, -0.15) is 0 Å². The maximum absolute atomic E-state index is 12.2. The Kier molecular flexibility index (Phi) is 21.2. The molecule has 0 spiro atoms. The van der Waals surface area contributed by atoms with Crippen LogP contribution in [-0.2, 0) is 9.53 Å². The third-order valence-electron chi connectivity index (χ3n) is 5.19. The second-order valence-corrected chi connectivity index (χ2v) is 7.88. The molecule has 0 atom stereocenters. The summed E-state index contributed by atoms with van der Waals surface area (Å²) in [4.78, 5) is 12.2. The molecule has 0 aliphatic heterocycles. The van der Waals surface area contributed by atoms with E-state index in [4.69, 9.17) is 9.84 Å². The molecule has 4 heteroatoms. The van der Waals surface area contributed by atoms with Crippen molar-refractivity contribution in [3.8, 4) is 0 Å². The van der Waals surface area contributed by atoms with Gasteiger partial charge in [0.15, 0.2) is 0 Å². The van der Waals surface area contributed by atoms with Gasteiger partial charge < -0.3 is 15.2 Å². The van der Waals surface area contributed by atoms with Crippen LogP contribution >= 0.6 is 0 Å². The van der Waals surface area contributed by atoms with Crippen LogP contribution in [0.3, 0.4) is 0 Å². The number of carbonyl (C=O) groups is 1. The summed E-state index contributed by atoms with van der Waals surface area (Å²) in [5, 5.41) is 11.9. The fourth-order valence-electron chi connectivity index (χ4n) is 3.46. The summed E-state index contributed by atoms with van der Waals surface area (Å²) in [6, 6.07) is 0. The number of carbonyl (C=O) groups excluding carboxylic acids is 1. The van der Waals surface area contributed by atoms with E-state index in [-0.39, 0.29) is 12.6 Å². The molecule has 0 aliphatic carbocycles. The second kappa shape index (κ2) is 21.7. The maximum atomic E-state index is 12.2. The van der Waals surface area contributed by atoms with Crippen LogP contribution in [0.25, 0.3) is 0 Å². The van der Waals surface area contributed by atoms with Crippen molar-refractivity contribution in [2.75, 3.05) is 26.3 Å². The average molecular weight is 386 g/mol. The van der Waals surface area contributed by atoms with Gasteiger partial charge in [0.05, 0.1) is 13.2 Å². The van der Waals surface area contributed by atoms with Crippen LogP contribution in [0, 0.1) is 5.92 Å². The van der Waals surface area contributed by atoms with Crippen molar-refractivity contribution < 1.29 is 14.6 Å². The Bertz CT molecular complexity index is 298. The largest absolute Gasteiger partial charge is 0.466 e. The summed E-state index contributed by atoms with van der Waals surface area (Å²) in [6.07, 6.45) is 17.6. The molecule has 27 heavy (non-hydrogen) atoms. The topological polar surface area (TPSA) is 58.6 Å². The number of nitrogens with one attached hydrogen (secondary N) is 1. The standard InChI is InChI=1S/C23H47NO3/c1-3-5-7-11-15-22(16-12-8-6-4-2)21-23(26)27-20-14-10-9-13-17-24-18-19-25/h22,24-25H,3-21H2,1-2H3. The third-order valence-corrected chi connectivity index (χ3v) is 5.19. The van der Waals surface area contributed by atoms with Crippen molar-refractivity contribution in [2.45, 2.75) is 110 Å². The lowest BCUT2D eigenvalue weighted by atomic mass is 9.92. The number of hydrogen-bond donors (Lipinski definition) is 2. The van der Waals surface area contributed by atoms with E-state index in [0.717, 1.165) is 32.2 Å². The molecule has 0 fully saturated rings. The number of aliphatic hydroxyl groups is 1. The zero-order chi connectivity index (χ0) is 20.0. The molecule has 0 aromatic carbocycles. The average Bonchev–Trinajstić information content (AvgIpc) is 2.67. The lowest BCUT2D eigenvalue weighted by Gasteiger charge is -2.16. The highest BCUT2D eigenvalue weighted by atomic mass is 16.5. The highest BCUT2D eigenvalue weighted by Gasteiger charge is 2.14. The summed E-state index contributed by atoms with van der Waals surface area (Å²) < 4.78 is 5.48. The Morgan fingerprint density at radius 3 is 2.00 bits per heavy atom. The molecule has 0 unspecified atom stereocenters. The van der Waals surface area contributed by atoms with Gasteiger partial charge in [-0.05, 0) is 38.1 Å². The number of aliphatic hydroxyl groups excluding tert-OH is 1. The molecule has 0 heterocycles. The van der Waals surface area contributed by atoms with Gasteiger partial charge in [-0.25, -0.2) is 0 Å². The minimum Gasteiger partial charge on any atom is -0.466 e. The number of unbranched alkanes of at least 4 members (excludes halogenated alkanes) is 9. The van der Waals surface area contributed by atoms with Gasteiger partial charge in [0.1, 0.15) is 0 Å². The van der Waals surface area contributed by atoms with Crippen LogP contribution in [0.5, 0.6) is 0 Å². The van der Waals surface area contributed by atoms with Crippen molar-refractivity contribution in [2.24, 2.45) is 5.92 Å².